The molecule has 2 N–H and O–H groups in total. The van der Waals surface area contributed by atoms with Crippen molar-refractivity contribution < 1.29 is 31.1 Å². The molecule has 2 aromatic carbocycles. The number of carbonyl (C=O) groups excluding carboxylic acids is 1. The molecule has 2 aromatic rings. The summed E-state index contributed by atoms with van der Waals surface area (Å²) in [6.45, 7) is 0. The van der Waals surface area contributed by atoms with Gasteiger partial charge >= 0.3 is 12.4 Å². The van der Waals surface area contributed by atoms with Crippen LogP contribution in [0.25, 0.3) is 0 Å². The molecule has 9 heteroatoms. The molecular weight excluding hydrogens is 386 g/mol. The average Bonchev–Trinajstić information content (AvgIpc) is 2.60. The Balaban J connectivity index is 2.91. The van der Waals surface area contributed by atoms with Crippen LogP contribution in [-0.4, -0.2) is 18.3 Å². The molecule has 0 saturated carbocycles. The number of carbonyl (C=O) groups is 1. The van der Waals surface area contributed by atoms with Crippen molar-refractivity contribution in [3.05, 3.63) is 71.8 Å². The van der Waals surface area contributed by atoms with E-state index in [1.165, 1.54) is 36.4 Å². The van der Waals surface area contributed by atoms with Gasteiger partial charge in [0, 0.05) is 0 Å². The Hall–Kier alpha value is -3.02. The Morgan fingerprint density at radius 3 is 1.32 bits per heavy atom. The highest BCUT2D eigenvalue weighted by Gasteiger charge is 2.68. The fourth-order valence-electron chi connectivity index (χ4n) is 3.35. The van der Waals surface area contributed by atoms with Crippen molar-refractivity contribution in [2.45, 2.75) is 24.2 Å². The molecule has 0 bridgehead atoms. The van der Waals surface area contributed by atoms with Crippen LogP contribution in [0.1, 0.15) is 23.0 Å². The van der Waals surface area contributed by atoms with Crippen LogP contribution in [0.15, 0.2) is 60.7 Å². The monoisotopic (exact) mass is 400 g/mol. The van der Waals surface area contributed by atoms with Crippen molar-refractivity contribution in [3.8, 4) is 6.07 Å². The number of rotatable bonds is 5. The molecule has 0 heterocycles. The first-order valence-corrected chi connectivity index (χ1v) is 7.90. The number of nitriles is 1. The zero-order valence-electron chi connectivity index (χ0n) is 14.1. The molecule has 2 unspecified atom stereocenters. The maximum Gasteiger partial charge on any atom is 0.397 e. The predicted octanol–water partition coefficient (Wildman–Crippen LogP) is 4.67. The zero-order valence-corrected chi connectivity index (χ0v) is 14.1. The van der Waals surface area contributed by atoms with Crippen LogP contribution < -0.4 is 5.73 Å². The van der Waals surface area contributed by atoms with Crippen LogP contribution in [0.3, 0.4) is 0 Å². The Labute approximate surface area is 156 Å². The summed E-state index contributed by atoms with van der Waals surface area (Å²) in [6.07, 6.45) is -10.7. The minimum absolute atomic E-state index is 0.666. The number of benzene rings is 2. The van der Waals surface area contributed by atoms with Gasteiger partial charge in [-0.3, -0.25) is 4.79 Å². The number of halogens is 6. The van der Waals surface area contributed by atoms with E-state index in [9.17, 15) is 36.4 Å². The van der Waals surface area contributed by atoms with Crippen LogP contribution >= 0.6 is 0 Å². The van der Waals surface area contributed by atoms with E-state index in [1.54, 1.807) is 0 Å². The number of nitrogens with two attached hydrogens (primary N) is 1. The van der Waals surface area contributed by atoms with E-state index in [1.807, 2.05) is 0 Å². The maximum atomic E-state index is 14.0. The molecule has 0 fully saturated rings. The molecule has 28 heavy (non-hydrogen) atoms. The highest BCUT2D eigenvalue weighted by atomic mass is 19.4. The Bertz CT molecular complexity index is 798. The van der Waals surface area contributed by atoms with Crippen molar-refractivity contribution in [3.63, 3.8) is 0 Å². The fourth-order valence-corrected chi connectivity index (χ4v) is 3.35. The lowest BCUT2D eigenvalue weighted by Crippen LogP contribution is -2.54. The van der Waals surface area contributed by atoms with E-state index >= 15 is 0 Å². The summed E-state index contributed by atoms with van der Waals surface area (Å²) in [4.78, 5) is 12.2. The van der Waals surface area contributed by atoms with E-state index in [0.29, 0.717) is 0 Å². The van der Waals surface area contributed by atoms with E-state index in [4.69, 9.17) is 5.73 Å². The minimum Gasteiger partial charge on any atom is -0.368 e. The van der Waals surface area contributed by atoms with Gasteiger partial charge in [0.05, 0.1) is 6.07 Å². The molecule has 0 radical (unpaired) electrons. The summed E-state index contributed by atoms with van der Waals surface area (Å²) in [5.41, 5.74) is 0.105. The van der Waals surface area contributed by atoms with Crippen LogP contribution in [0.5, 0.6) is 0 Å². The van der Waals surface area contributed by atoms with Crippen molar-refractivity contribution in [1.82, 2.24) is 0 Å². The molecule has 148 valence electrons. The lowest BCUT2D eigenvalue weighted by Gasteiger charge is -2.40. The Kier molecular flexibility index (Phi) is 5.73. The van der Waals surface area contributed by atoms with E-state index in [0.717, 1.165) is 30.3 Å². The smallest absolute Gasteiger partial charge is 0.368 e. The molecule has 2 rings (SSSR count). The number of hydrogen-bond acceptors (Lipinski definition) is 2. The molecule has 0 saturated heterocycles. The second-order valence-electron chi connectivity index (χ2n) is 6.12. The standard InChI is InChI=1S/C19H14F6N2O/c20-18(21,22)14(12-7-3-1-4-8-12)17(11-26,16(27)28)15(19(23,24)25)13-9-5-2-6-10-13/h1-10,14-15H,(H2,27,28). The average molecular weight is 400 g/mol. The van der Waals surface area contributed by atoms with Gasteiger partial charge in [0.1, 0.15) is 11.8 Å². The number of alkyl halides is 6. The van der Waals surface area contributed by atoms with Crippen LogP contribution in [-0.2, 0) is 4.79 Å². The number of amides is 1. The van der Waals surface area contributed by atoms with Crippen LogP contribution in [0, 0.1) is 16.7 Å². The zero-order chi connectivity index (χ0) is 21.2. The number of nitrogens with zero attached hydrogens (tertiary/aromatic N) is 1. The van der Waals surface area contributed by atoms with Gasteiger partial charge < -0.3 is 5.73 Å². The third kappa shape index (κ3) is 3.81. The topological polar surface area (TPSA) is 66.9 Å². The summed E-state index contributed by atoms with van der Waals surface area (Å²) in [5.74, 6) is -8.18. The lowest BCUT2D eigenvalue weighted by molar-refractivity contribution is -0.211. The molecule has 3 nitrogen and oxygen atoms in total. The van der Waals surface area contributed by atoms with Crippen molar-refractivity contribution in [2.75, 3.05) is 0 Å². The minimum atomic E-state index is -5.36. The van der Waals surface area contributed by atoms with E-state index in [-0.39, 0.29) is 0 Å². The first-order valence-electron chi connectivity index (χ1n) is 7.90. The normalized spacial score (nSPS) is 16.5. The maximum absolute atomic E-state index is 14.0. The molecular formula is C19H14F6N2O. The summed E-state index contributed by atoms with van der Waals surface area (Å²) in [5, 5.41) is 9.59. The first-order chi connectivity index (χ1) is 13.0. The predicted molar refractivity (Wildman–Crippen MR) is 87.7 cm³/mol. The lowest BCUT2D eigenvalue weighted by atomic mass is 9.61. The fraction of sp³-hybridized carbons (Fsp3) is 0.263. The molecule has 0 aliphatic heterocycles. The summed E-state index contributed by atoms with van der Waals surface area (Å²) in [6, 6.07) is 12.0. The van der Waals surface area contributed by atoms with Gasteiger partial charge in [0.15, 0.2) is 5.41 Å². The third-order valence-electron chi connectivity index (χ3n) is 4.42. The quantitative estimate of drug-likeness (QED) is 0.741. The molecule has 0 aliphatic carbocycles. The molecule has 2 atom stereocenters. The van der Waals surface area contributed by atoms with Gasteiger partial charge in [-0.05, 0) is 11.1 Å². The summed E-state index contributed by atoms with van der Waals surface area (Å²) < 4.78 is 83.9. The second kappa shape index (κ2) is 7.54. The largest absolute Gasteiger partial charge is 0.397 e. The van der Waals surface area contributed by atoms with E-state index < -0.39 is 46.6 Å². The van der Waals surface area contributed by atoms with Gasteiger partial charge in [-0.1, -0.05) is 60.7 Å². The second-order valence-corrected chi connectivity index (χ2v) is 6.12. The van der Waals surface area contributed by atoms with Gasteiger partial charge in [-0.25, -0.2) is 0 Å². The summed E-state index contributed by atoms with van der Waals surface area (Å²) in [7, 11) is 0. The number of hydrogen-bond donors (Lipinski definition) is 1. The van der Waals surface area contributed by atoms with Crippen molar-refractivity contribution >= 4 is 5.91 Å². The third-order valence-corrected chi connectivity index (χ3v) is 4.42. The van der Waals surface area contributed by atoms with Crippen LogP contribution in [0.2, 0.25) is 0 Å². The van der Waals surface area contributed by atoms with Crippen molar-refractivity contribution in [2.24, 2.45) is 11.1 Å². The SMILES string of the molecule is N#CC(C(N)=O)(C(c1ccccc1)C(F)(F)F)C(c1ccccc1)C(F)(F)F. The van der Waals surface area contributed by atoms with Gasteiger partial charge in [-0.2, -0.15) is 31.6 Å². The van der Waals surface area contributed by atoms with Crippen LogP contribution in [0.4, 0.5) is 26.3 Å². The van der Waals surface area contributed by atoms with Gasteiger partial charge in [0.2, 0.25) is 5.91 Å². The Morgan fingerprint density at radius 1 is 0.786 bits per heavy atom. The van der Waals surface area contributed by atoms with Crippen molar-refractivity contribution in [1.29, 1.82) is 5.26 Å². The molecule has 1 amide bonds. The summed E-state index contributed by atoms with van der Waals surface area (Å²) >= 11 is 0. The molecule has 0 aromatic heterocycles. The van der Waals surface area contributed by atoms with E-state index in [2.05, 4.69) is 0 Å². The highest BCUT2D eigenvalue weighted by Crippen LogP contribution is 2.58. The number of primary amides is 1. The molecule has 0 aliphatic rings. The first kappa shape index (κ1) is 21.3. The Morgan fingerprint density at radius 2 is 1.11 bits per heavy atom. The van der Waals surface area contributed by atoms with Gasteiger partial charge in [0.25, 0.3) is 0 Å². The van der Waals surface area contributed by atoms with Gasteiger partial charge in [-0.15, -0.1) is 0 Å². The molecule has 0 spiro atoms. The highest BCUT2D eigenvalue weighted by molar-refractivity contribution is 5.87.